The highest BCUT2D eigenvalue weighted by Gasteiger charge is 2.28. The molecule has 0 radical (unpaired) electrons. The molecule has 166 valence electrons. The number of ether oxygens (including phenoxy) is 1. The molecule has 0 bridgehead atoms. The number of halogens is 1. The highest BCUT2D eigenvalue weighted by atomic mass is 127. The van der Waals surface area contributed by atoms with Crippen molar-refractivity contribution in [3.8, 4) is 0 Å². The third-order valence-corrected chi connectivity index (χ3v) is 5.98. The maximum atomic E-state index is 12.4. The van der Waals surface area contributed by atoms with Gasteiger partial charge in [-0.15, -0.1) is 24.0 Å². The molecule has 0 unspecified atom stereocenters. The van der Waals surface area contributed by atoms with Crippen LogP contribution in [-0.4, -0.2) is 106 Å². The first-order valence-electron chi connectivity index (χ1n) is 9.50. The Balaban J connectivity index is 0.00000729. The predicted molar refractivity (Wildman–Crippen MR) is 123 cm³/mol. The van der Waals surface area contributed by atoms with E-state index in [1.807, 2.05) is 25.7 Å². The summed E-state index contributed by atoms with van der Waals surface area (Å²) < 4.78 is 31.7. The zero-order chi connectivity index (χ0) is 20.4. The van der Waals surface area contributed by atoms with Gasteiger partial charge in [-0.25, -0.2) is 8.42 Å². The number of sulfonamides is 1. The molecule has 1 saturated heterocycles. The number of hydrogen-bond donors (Lipinski definition) is 1. The molecule has 1 heterocycles. The second-order valence-electron chi connectivity index (χ2n) is 6.90. The van der Waals surface area contributed by atoms with Gasteiger partial charge >= 0.3 is 0 Å². The van der Waals surface area contributed by atoms with Crippen molar-refractivity contribution in [1.82, 2.24) is 19.4 Å². The molecule has 0 saturated carbocycles. The third-order valence-electron chi connectivity index (χ3n) is 4.14. The van der Waals surface area contributed by atoms with Crippen molar-refractivity contribution in [2.45, 2.75) is 33.3 Å². The molecule has 0 aromatic rings. The van der Waals surface area contributed by atoms with Crippen molar-refractivity contribution in [1.29, 1.82) is 0 Å². The van der Waals surface area contributed by atoms with Crippen molar-refractivity contribution in [2.24, 2.45) is 4.99 Å². The van der Waals surface area contributed by atoms with Crippen molar-refractivity contribution < 1.29 is 17.9 Å². The van der Waals surface area contributed by atoms with Crippen LogP contribution in [-0.2, 0) is 19.6 Å². The molecule has 1 aliphatic heterocycles. The van der Waals surface area contributed by atoms with Crippen LogP contribution in [0.4, 0.5) is 0 Å². The maximum Gasteiger partial charge on any atom is 0.223 e. The fourth-order valence-corrected chi connectivity index (χ4v) is 3.89. The average molecular weight is 533 g/mol. The second-order valence-corrected chi connectivity index (χ2v) is 8.98. The average Bonchev–Trinajstić information content (AvgIpc) is 2.60. The van der Waals surface area contributed by atoms with Crippen LogP contribution < -0.4 is 5.32 Å². The quantitative estimate of drug-likeness (QED) is 0.263. The van der Waals surface area contributed by atoms with E-state index in [9.17, 15) is 13.2 Å². The summed E-state index contributed by atoms with van der Waals surface area (Å²) in [5.41, 5.74) is 0. The normalized spacial score (nSPS) is 16.1. The fraction of sp³-hybridized carbons (Fsp3) is 0.882. The number of nitrogens with one attached hydrogen (secondary N) is 1. The number of guanidine groups is 1. The van der Waals surface area contributed by atoms with E-state index in [0.29, 0.717) is 45.7 Å². The highest BCUT2D eigenvalue weighted by Crippen LogP contribution is 2.09. The van der Waals surface area contributed by atoms with Gasteiger partial charge in [-0.1, -0.05) is 0 Å². The van der Waals surface area contributed by atoms with E-state index in [1.165, 1.54) is 4.31 Å². The molecule has 1 amide bonds. The van der Waals surface area contributed by atoms with Gasteiger partial charge in [-0.3, -0.25) is 9.79 Å². The van der Waals surface area contributed by atoms with Gasteiger partial charge in [-0.05, 0) is 20.8 Å². The predicted octanol–water partition coefficient (Wildman–Crippen LogP) is 0.421. The first-order chi connectivity index (χ1) is 12.7. The minimum atomic E-state index is -3.31. The van der Waals surface area contributed by atoms with Crippen LogP contribution in [0.25, 0.3) is 0 Å². The first kappa shape index (κ1) is 27.3. The molecular weight excluding hydrogens is 497 g/mol. The van der Waals surface area contributed by atoms with Crippen LogP contribution in [0.1, 0.15) is 27.2 Å². The lowest BCUT2D eigenvalue weighted by molar-refractivity contribution is -0.128. The maximum absolute atomic E-state index is 12.4. The number of rotatable bonds is 9. The van der Waals surface area contributed by atoms with Gasteiger partial charge < -0.3 is 19.9 Å². The molecule has 0 aromatic heterocycles. The Kier molecular flexibility index (Phi) is 13.2. The number of hydrogen-bond acceptors (Lipinski definition) is 5. The van der Waals surface area contributed by atoms with E-state index in [4.69, 9.17) is 4.74 Å². The van der Waals surface area contributed by atoms with Crippen molar-refractivity contribution in [3.05, 3.63) is 0 Å². The van der Waals surface area contributed by atoms with Gasteiger partial charge in [0.25, 0.3) is 0 Å². The standard InChI is InChI=1S/C17H35N5O4S.HI/c1-6-18-17(19-8-7-16(23)20(4)5)21-9-11-22(12-10-21)27(24,25)14-13-26-15(2)3;/h15H,6-14H2,1-5H3,(H,18,19);1H. The van der Waals surface area contributed by atoms with Crippen molar-refractivity contribution in [3.63, 3.8) is 0 Å². The van der Waals surface area contributed by atoms with Gasteiger partial charge in [0.15, 0.2) is 5.96 Å². The van der Waals surface area contributed by atoms with Gasteiger partial charge in [-0.2, -0.15) is 4.31 Å². The van der Waals surface area contributed by atoms with Crippen molar-refractivity contribution in [2.75, 3.05) is 65.7 Å². The molecule has 9 nitrogen and oxygen atoms in total. The monoisotopic (exact) mass is 533 g/mol. The largest absolute Gasteiger partial charge is 0.378 e. The number of nitrogens with zero attached hydrogens (tertiary/aromatic N) is 4. The summed E-state index contributed by atoms with van der Waals surface area (Å²) in [6.07, 6.45) is 0.377. The molecule has 28 heavy (non-hydrogen) atoms. The number of amides is 1. The molecule has 1 N–H and O–H groups in total. The number of aliphatic imine (C=N–C) groups is 1. The van der Waals surface area contributed by atoms with Crippen molar-refractivity contribution >= 4 is 45.9 Å². The summed E-state index contributed by atoms with van der Waals surface area (Å²) in [6.45, 7) is 9.07. The van der Waals surface area contributed by atoms with E-state index in [1.54, 1.807) is 19.0 Å². The highest BCUT2D eigenvalue weighted by molar-refractivity contribution is 14.0. The van der Waals surface area contributed by atoms with Crippen LogP contribution in [0, 0.1) is 0 Å². The zero-order valence-electron chi connectivity index (χ0n) is 17.7. The Morgan fingerprint density at radius 1 is 1.21 bits per heavy atom. The number of carbonyl (C=O) groups excluding carboxylic acids is 1. The molecule has 1 aliphatic rings. The van der Waals surface area contributed by atoms with Gasteiger partial charge in [0.2, 0.25) is 15.9 Å². The summed E-state index contributed by atoms with van der Waals surface area (Å²) in [6, 6.07) is 0. The summed E-state index contributed by atoms with van der Waals surface area (Å²) in [4.78, 5) is 19.8. The molecule has 1 rings (SSSR count). The molecule has 0 spiro atoms. The summed E-state index contributed by atoms with van der Waals surface area (Å²) in [5.74, 6) is 0.768. The van der Waals surface area contributed by atoms with E-state index in [-0.39, 0.29) is 48.3 Å². The second kappa shape index (κ2) is 13.5. The molecule has 0 atom stereocenters. The minimum Gasteiger partial charge on any atom is -0.378 e. The van der Waals surface area contributed by atoms with E-state index < -0.39 is 10.0 Å². The molecule has 0 aromatic carbocycles. The van der Waals surface area contributed by atoms with Gasteiger partial charge in [0.05, 0.1) is 25.0 Å². The molecular formula is C17H36IN5O4S. The van der Waals surface area contributed by atoms with E-state index >= 15 is 0 Å². The van der Waals surface area contributed by atoms with Gasteiger partial charge in [0, 0.05) is 53.2 Å². The fourth-order valence-electron chi connectivity index (χ4n) is 2.60. The van der Waals surface area contributed by atoms with E-state index in [0.717, 1.165) is 5.96 Å². The zero-order valence-corrected chi connectivity index (χ0v) is 20.8. The van der Waals surface area contributed by atoms with Crippen LogP contribution in [0.15, 0.2) is 4.99 Å². The molecule has 1 fully saturated rings. The first-order valence-corrected chi connectivity index (χ1v) is 11.1. The Bertz CT molecular complexity index is 590. The number of carbonyl (C=O) groups is 1. The van der Waals surface area contributed by atoms with Crippen LogP contribution in [0.2, 0.25) is 0 Å². The smallest absolute Gasteiger partial charge is 0.223 e. The Labute approximate surface area is 186 Å². The van der Waals surface area contributed by atoms with E-state index in [2.05, 4.69) is 10.3 Å². The van der Waals surface area contributed by atoms with Crippen LogP contribution >= 0.6 is 24.0 Å². The summed E-state index contributed by atoms with van der Waals surface area (Å²) in [5, 5.41) is 3.22. The Morgan fingerprint density at radius 3 is 2.32 bits per heavy atom. The lowest BCUT2D eigenvalue weighted by Crippen LogP contribution is -2.54. The molecule has 11 heteroatoms. The molecule has 0 aliphatic carbocycles. The van der Waals surface area contributed by atoms with Gasteiger partial charge in [0.1, 0.15) is 0 Å². The Hall–Kier alpha value is -0.660. The SMILES string of the molecule is CCNC(=NCCC(=O)N(C)C)N1CCN(S(=O)(=O)CCOC(C)C)CC1.I. The Morgan fingerprint density at radius 2 is 1.82 bits per heavy atom. The topological polar surface area (TPSA) is 94.5 Å². The van der Waals surface area contributed by atoms with Crippen LogP contribution in [0.3, 0.4) is 0 Å². The lowest BCUT2D eigenvalue weighted by atomic mass is 10.3. The lowest BCUT2D eigenvalue weighted by Gasteiger charge is -2.36. The minimum absolute atomic E-state index is 0. The summed E-state index contributed by atoms with van der Waals surface area (Å²) >= 11 is 0. The number of piperazine rings is 1. The summed E-state index contributed by atoms with van der Waals surface area (Å²) in [7, 11) is 0.144. The van der Waals surface area contributed by atoms with Crippen LogP contribution in [0.5, 0.6) is 0 Å². The third kappa shape index (κ3) is 9.70.